The maximum absolute atomic E-state index is 4.36. The number of hydrogen-bond acceptors (Lipinski definition) is 1. The SMILES string of the molecule is Ic1ncn(CC2CC3CCC2C3)c1I. The molecule has 0 aromatic carbocycles. The quantitative estimate of drug-likeness (QED) is 0.660. The minimum absolute atomic E-state index is 0.933. The van der Waals surface area contributed by atoms with E-state index in [1.54, 1.807) is 0 Å². The van der Waals surface area contributed by atoms with E-state index in [1.165, 1.54) is 35.9 Å². The Bertz CT molecular complexity index is 375. The lowest BCUT2D eigenvalue weighted by Crippen LogP contribution is -2.17. The maximum Gasteiger partial charge on any atom is 0.132 e. The predicted molar refractivity (Wildman–Crippen MR) is 76.6 cm³/mol. The molecule has 2 aliphatic rings. The number of rotatable bonds is 2. The number of nitrogens with zero attached hydrogens (tertiary/aromatic N) is 2. The number of hydrogen-bond donors (Lipinski definition) is 0. The molecule has 0 radical (unpaired) electrons. The van der Waals surface area contributed by atoms with Crippen molar-refractivity contribution in [1.29, 1.82) is 0 Å². The van der Waals surface area contributed by atoms with Crippen molar-refractivity contribution in [2.45, 2.75) is 32.2 Å². The topological polar surface area (TPSA) is 17.8 Å². The molecule has 1 aromatic heterocycles. The van der Waals surface area contributed by atoms with Crippen LogP contribution in [0.2, 0.25) is 0 Å². The van der Waals surface area contributed by atoms with Gasteiger partial charge in [0, 0.05) is 6.54 Å². The number of fused-ring (bicyclic) bond motifs is 2. The molecule has 0 N–H and O–H groups in total. The molecule has 15 heavy (non-hydrogen) atoms. The summed E-state index contributed by atoms with van der Waals surface area (Å²) >= 11 is 4.73. The first-order valence-corrected chi connectivity index (χ1v) is 7.76. The van der Waals surface area contributed by atoms with Gasteiger partial charge in [-0.1, -0.05) is 6.42 Å². The molecule has 1 heterocycles. The highest BCUT2D eigenvalue weighted by molar-refractivity contribution is 14.1. The summed E-state index contributed by atoms with van der Waals surface area (Å²) in [5.41, 5.74) is 0. The minimum atomic E-state index is 0.933. The average Bonchev–Trinajstić information content (AvgIpc) is 2.89. The van der Waals surface area contributed by atoms with Gasteiger partial charge in [0.05, 0.1) is 6.33 Å². The van der Waals surface area contributed by atoms with Gasteiger partial charge < -0.3 is 4.57 Å². The van der Waals surface area contributed by atoms with Crippen LogP contribution < -0.4 is 0 Å². The molecule has 2 nitrogen and oxygen atoms in total. The van der Waals surface area contributed by atoms with Crippen LogP contribution in [0.4, 0.5) is 0 Å². The molecule has 2 bridgehead atoms. The number of halogens is 2. The van der Waals surface area contributed by atoms with Gasteiger partial charge in [0.2, 0.25) is 0 Å². The summed E-state index contributed by atoms with van der Waals surface area (Å²) in [6.45, 7) is 1.20. The second-order valence-corrected chi connectivity index (χ2v) is 6.96. The van der Waals surface area contributed by atoms with Gasteiger partial charge in [-0.2, -0.15) is 0 Å². The molecule has 4 heteroatoms. The zero-order valence-electron chi connectivity index (χ0n) is 8.50. The first-order chi connectivity index (χ1) is 7.24. The van der Waals surface area contributed by atoms with Gasteiger partial charge in [-0.25, -0.2) is 4.98 Å². The fourth-order valence-electron chi connectivity index (χ4n) is 3.32. The Morgan fingerprint density at radius 3 is 2.73 bits per heavy atom. The molecule has 3 atom stereocenters. The molecular formula is C11H14I2N2. The van der Waals surface area contributed by atoms with Gasteiger partial charge in [0.1, 0.15) is 7.40 Å². The summed E-state index contributed by atoms with van der Waals surface area (Å²) in [6, 6.07) is 0. The molecule has 2 saturated carbocycles. The Morgan fingerprint density at radius 1 is 1.33 bits per heavy atom. The summed E-state index contributed by atoms with van der Waals surface area (Å²) in [5, 5.41) is 0. The molecule has 2 fully saturated rings. The van der Waals surface area contributed by atoms with Crippen LogP contribution >= 0.6 is 45.2 Å². The largest absolute Gasteiger partial charge is 0.325 e. The molecule has 3 unspecified atom stereocenters. The lowest BCUT2D eigenvalue weighted by molar-refractivity contribution is 0.294. The van der Waals surface area contributed by atoms with Gasteiger partial charge >= 0.3 is 0 Å². The average molecular weight is 428 g/mol. The zero-order valence-corrected chi connectivity index (χ0v) is 12.8. The van der Waals surface area contributed by atoms with Crippen LogP contribution in [0.1, 0.15) is 25.7 Å². The van der Waals surface area contributed by atoms with Crippen molar-refractivity contribution < 1.29 is 0 Å². The Morgan fingerprint density at radius 2 is 2.20 bits per heavy atom. The minimum Gasteiger partial charge on any atom is -0.325 e. The zero-order chi connectivity index (χ0) is 10.4. The molecule has 0 saturated heterocycles. The normalized spacial score (nSPS) is 33.9. The third kappa shape index (κ3) is 1.96. The van der Waals surface area contributed by atoms with Gasteiger partial charge in [-0.05, 0) is 82.2 Å². The second-order valence-electron chi connectivity index (χ2n) is 4.91. The van der Waals surface area contributed by atoms with Crippen molar-refractivity contribution in [3.8, 4) is 0 Å². The van der Waals surface area contributed by atoms with E-state index in [1.807, 2.05) is 6.33 Å². The molecular weight excluding hydrogens is 414 g/mol. The van der Waals surface area contributed by atoms with Crippen LogP contribution in [0.15, 0.2) is 6.33 Å². The van der Waals surface area contributed by atoms with Gasteiger partial charge in [0.15, 0.2) is 0 Å². The van der Waals surface area contributed by atoms with Crippen molar-refractivity contribution in [3.05, 3.63) is 13.7 Å². The summed E-state index contributed by atoms with van der Waals surface area (Å²) in [5.74, 6) is 3.01. The Balaban J connectivity index is 1.73. The van der Waals surface area contributed by atoms with Crippen LogP contribution in [0.5, 0.6) is 0 Å². The van der Waals surface area contributed by atoms with Crippen LogP contribution in [0.3, 0.4) is 0 Å². The molecule has 0 amide bonds. The van der Waals surface area contributed by atoms with Crippen LogP contribution in [0, 0.1) is 25.2 Å². The van der Waals surface area contributed by atoms with Crippen molar-refractivity contribution in [2.75, 3.05) is 0 Å². The smallest absolute Gasteiger partial charge is 0.132 e. The molecule has 82 valence electrons. The highest BCUT2D eigenvalue weighted by Crippen LogP contribution is 2.48. The maximum atomic E-state index is 4.36. The number of aromatic nitrogens is 2. The highest BCUT2D eigenvalue weighted by atomic mass is 127. The second kappa shape index (κ2) is 4.16. The van der Waals surface area contributed by atoms with E-state index in [-0.39, 0.29) is 0 Å². The first-order valence-electron chi connectivity index (χ1n) is 5.60. The lowest BCUT2D eigenvalue weighted by atomic mass is 9.89. The van der Waals surface area contributed by atoms with Crippen molar-refractivity contribution in [1.82, 2.24) is 9.55 Å². The van der Waals surface area contributed by atoms with E-state index in [2.05, 4.69) is 54.7 Å². The molecule has 3 rings (SSSR count). The summed E-state index contributed by atoms with van der Waals surface area (Å²) in [7, 11) is 0. The Labute approximate surface area is 118 Å². The van der Waals surface area contributed by atoms with Gasteiger partial charge in [0.25, 0.3) is 0 Å². The summed E-state index contributed by atoms with van der Waals surface area (Å²) in [4.78, 5) is 4.36. The van der Waals surface area contributed by atoms with Crippen LogP contribution in [0.25, 0.3) is 0 Å². The monoisotopic (exact) mass is 428 g/mol. The van der Waals surface area contributed by atoms with Crippen LogP contribution in [-0.4, -0.2) is 9.55 Å². The molecule has 1 aromatic rings. The number of imidazole rings is 1. The standard InChI is InChI=1S/C11H14I2N2/c12-10-11(13)15(6-14-10)5-9-4-7-1-2-8(9)3-7/h6-9H,1-5H2. The fraction of sp³-hybridized carbons (Fsp3) is 0.727. The first kappa shape index (κ1) is 10.8. The Hall–Kier alpha value is 0.670. The van der Waals surface area contributed by atoms with E-state index in [0.717, 1.165) is 21.5 Å². The predicted octanol–water partition coefficient (Wildman–Crippen LogP) is 3.53. The highest BCUT2D eigenvalue weighted by Gasteiger charge is 2.39. The lowest BCUT2D eigenvalue weighted by Gasteiger charge is -2.22. The van der Waals surface area contributed by atoms with E-state index in [4.69, 9.17) is 0 Å². The van der Waals surface area contributed by atoms with E-state index in [9.17, 15) is 0 Å². The molecule has 2 aliphatic carbocycles. The van der Waals surface area contributed by atoms with Crippen molar-refractivity contribution in [3.63, 3.8) is 0 Å². The molecule has 0 spiro atoms. The van der Waals surface area contributed by atoms with Crippen LogP contribution in [-0.2, 0) is 6.54 Å². The molecule has 0 aliphatic heterocycles. The van der Waals surface area contributed by atoms with E-state index >= 15 is 0 Å². The fourth-order valence-corrected chi connectivity index (χ4v) is 4.22. The van der Waals surface area contributed by atoms with Crippen molar-refractivity contribution in [2.24, 2.45) is 17.8 Å². The van der Waals surface area contributed by atoms with Gasteiger partial charge in [-0.15, -0.1) is 0 Å². The van der Waals surface area contributed by atoms with E-state index < -0.39 is 0 Å². The summed E-state index contributed by atoms with van der Waals surface area (Å²) in [6.07, 6.45) is 7.97. The summed E-state index contributed by atoms with van der Waals surface area (Å²) < 4.78 is 4.81. The third-order valence-corrected chi connectivity index (χ3v) is 7.00. The van der Waals surface area contributed by atoms with Gasteiger partial charge in [-0.3, -0.25) is 0 Å². The Kier molecular flexibility index (Phi) is 3.00. The van der Waals surface area contributed by atoms with Crippen molar-refractivity contribution >= 4 is 45.2 Å². The van der Waals surface area contributed by atoms with E-state index in [0.29, 0.717) is 0 Å². The third-order valence-electron chi connectivity index (χ3n) is 4.05.